The number of carboxylic acid groups (broad SMARTS) is 1. The van der Waals surface area contributed by atoms with Gasteiger partial charge in [0.2, 0.25) is 5.95 Å². The minimum absolute atomic E-state index is 0.0613. The summed E-state index contributed by atoms with van der Waals surface area (Å²) in [6, 6.07) is 14.0. The predicted molar refractivity (Wildman–Crippen MR) is 161 cm³/mol. The van der Waals surface area contributed by atoms with E-state index in [2.05, 4.69) is 37.8 Å². The van der Waals surface area contributed by atoms with Gasteiger partial charge in [-0.2, -0.15) is 9.78 Å². The van der Waals surface area contributed by atoms with Gasteiger partial charge in [-0.3, -0.25) is 19.7 Å². The Morgan fingerprint density at radius 1 is 1.26 bits per heavy atom. The summed E-state index contributed by atoms with van der Waals surface area (Å²) < 4.78 is 16.7. The Morgan fingerprint density at radius 2 is 2.02 bits per heavy atom. The molecule has 1 aliphatic rings. The Hall–Kier alpha value is -5.28. The number of nitrogens with two attached hydrogens (primary N) is 1. The molecule has 2 aromatic heterocycles. The second-order valence-corrected chi connectivity index (χ2v) is 10.2. The van der Waals surface area contributed by atoms with Gasteiger partial charge in [-0.1, -0.05) is 24.3 Å². The fourth-order valence-electron chi connectivity index (χ4n) is 5.34. The molecule has 1 saturated heterocycles. The van der Waals surface area contributed by atoms with Crippen molar-refractivity contribution in [3.63, 3.8) is 0 Å². The van der Waals surface area contributed by atoms with Crippen LogP contribution in [0.15, 0.2) is 64.7 Å². The lowest BCUT2D eigenvalue weighted by Gasteiger charge is -2.30. The molecule has 12 heteroatoms. The third kappa shape index (κ3) is 6.17. The number of nitrogens with zero attached hydrogens (tertiary/aromatic N) is 8. The average molecular weight is 580 g/mol. The van der Waals surface area contributed by atoms with Crippen molar-refractivity contribution in [3.8, 4) is 17.3 Å². The monoisotopic (exact) mass is 579 g/mol. The Bertz CT molecular complexity index is 1800. The minimum atomic E-state index is -0.773. The first-order valence-electron chi connectivity index (χ1n) is 13.7. The van der Waals surface area contributed by atoms with Crippen LogP contribution in [0.3, 0.4) is 0 Å². The van der Waals surface area contributed by atoms with Crippen molar-refractivity contribution in [1.29, 1.82) is 5.26 Å². The molecule has 218 valence electrons. The summed E-state index contributed by atoms with van der Waals surface area (Å²) >= 11 is 0. The lowest BCUT2D eigenvalue weighted by molar-refractivity contribution is -0.143. The van der Waals surface area contributed by atoms with E-state index in [-0.39, 0.29) is 24.1 Å². The number of nitriles is 1. The lowest BCUT2D eigenvalue weighted by atomic mass is 9.96. The smallest absolute Gasteiger partial charge is 0.306 e. The molecule has 2 aromatic carbocycles. The number of likely N-dealkylation sites (tertiary alicyclic amines) is 1. The van der Waals surface area contributed by atoms with Gasteiger partial charge in [0, 0.05) is 31.8 Å². The zero-order valence-corrected chi connectivity index (χ0v) is 23.6. The van der Waals surface area contributed by atoms with Gasteiger partial charge < -0.3 is 10.8 Å². The number of rotatable bonds is 9. The Kier molecular flexibility index (Phi) is 8.64. The van der Waals surface area contributed by atoms with Gasteiger partial charge in [0.15, 0.2) is 11.5 Å². The Morgan fingerprint density at radius 3 is 2.72 bits per heavy atom. The maximum atomic E-state index is 15.3. The van der Waals surface area contributed by atoms with Crippen LogP contribution in [0.5, 0.6) is 0 Å². The molecule has 3 N–H and O–H groups in total. The molecular formula is C31H30FN9O2. The molecule has 0 radical (unpaired) electrons. The highest BCUT2D eigenvalue weighted by Gasteiger charge is 2.26. The molecule has 11 nitrogen and oxygen atoms in total. The largest absolute Gasteiger partial charge is 0.481 e. The van der Waals surface area contributed by atoms with Crippen molar-refractivity contribution in [1.82, 2.24) is 24.5 Å². The number of hydrogen-bond acceptors (Lipinski definition) is 9. The van der Waals surface area contributed by atoms with Crippen LogP contribution in [0, 0.1) is 23.1 Å². The molecule has 1 fully saturated rings. The second kappa shape index (κ2) is 12.7. The van der Waals surface area contributed by atoms with Gasteiger partial charge in [-0.05, 0) is 68.1 Å². The molecule has 0 spiro atoms. The number of benzene rings is 2. The van der Waals surface area contributed by atoms with Crippen LogP contribution in [-0.4, -0.2) is 68.1 Å². The fourth-order valence-corrected chi connectivity index (χ4v) is 5.34. The van der Waals surface area contributed by atoms with E-state index in [1.54, 1.807) is 37.4 Å². The third-order valence-corrected chi connectivity index (χ3v) is 7.54. The standard InChI is InChI=1S/C31H30FN9O2/c1-35-12-9-25(36-2)27-28(21-6-3-5-19(15-21)17-33)38-31(34)41-29(27)37-26(39-41)16-23-22(7-4-8-24(23)32)18-40-13-10-20(11-14-40)30(42)43/h3-9,12,15,20H,1,10-11,13-14,16,18H2,2H3,(H2,34,38)(H,42,43)/b12-9-,36-25+. The number of piperidine rings is 1. The molecule has 0 bridgehead atoms. The highest BCUT2D eigenvalue weighted by Crippen LogP contribution is 2.29. The number of aliphatic carboxylic acids is 1. The van der Waals surface area contributed by atoms with E-state index in [0.717, 1.165) is 5.56 Å². The molecule has 0 saturated carbocycles. The summed E-state index contributed by atoms with van der Waals surface area (Å²) in [6.45, 7) is 5.21. The lowest BCUT2D eigenvalue weighted by Crippen LogP contribution is -2.36. The van der Waals surface area contributed by atoms with E-state index in [0.29, 0.717) is 77.6 Å². The quantitative estimate of drug-likeness (QED) is 0.283. The highest BCUT2D eigenvalue weighted by atomic mass is 19.1. The number of fused-ring (bicyclic) bond motifs is 1. The van der Waals surface area contributed by atoms with Crippen LogP contribution in [0.2, 0.25) is 0 Å². The molecule has 0 atom stereocenters. The summed E-state index contributed by atoms with van der Waals surface area (Å²) in [6.07, 6.45) is 4.36. The van der Waals surface area contributed by atoms with Crippen molar-refractivity contribution in [3.05, 3.63) is 88.6 Å². The molecule has 5 rings (SSSR count). The zero-order valence-electron chi connectivity index (χ0n) is 23.6. The Labute approximate surface area is 247 Å². The second-order valence-electron chi connectivity index (χ2n) is 10.2. The molecule has 3 heterocycles. The summed E-state index contributed by atoms with van der Waals surface area (Å²) in [5, 5.41) is 23.4. The number of anilines is 1. The van der Waals surface area contributed by atoms with E-state index in [1.807, 2.05) is 12.1 Å². The van der Waals surface area contributed by atoms with Crippen molar-refractivity contribution >= 4 is 30.0 Å². The normalized spacial score (nSPS) is 14.8. The van der Waals surface area contributed by atoms with Crippen LogP contribution >= 0.6 is 0 Å². The number of aliphatic imine (C=N–C) groups is 2. The number of aromatic nitrogens is 4. The van der Waals surface area contributed by atoms with Crippen LogP contribution in [0.25, 0.3) is 16.9 Å². The molecule has 0 amide bonds. The van der Waals surface area contributed by atoms with Crippen molar-refractivity contribution in [2.45, 2.75) is 25.8 Å². The maximum Gasteiger partial charge on any atom is 0.306 e. The summed E-state index contributed by atoms with van der Waals surface area (Å²) in [5.74, 6) is -1.11. The molecule has 1 aliphatic heterocycles. The van der Waals surface area contributed by atoms with E-state index in [4.69, 9.17) is 10.7 Å². The van der Waals surface area contributed by atoms with Crippen LogP contribution < -0.4 is 5.73 Å². The zero-order chi connectivity index (χ0) is 30.5. The molecule has 0 unspecified atom stereocenters. The van der Waals surface area contributed by atoms with Crippen molar-refractivity contribution in [2.24, 2.45) is 15.9 Å². The van der Waals surface area contributed by atoms with Crippen LogP contribution in [-0.2, 0) is 17.8 Å². The van der Waals surface area contributed by atoms with Gasteiger partial charge >= 0.3 is 5.97 Å². The molecule has 4 aromatic rings. The predicted octanol–water partition coefficient (Wildman–Crippen LogP) is 3.90. The topological polar surface area (TPSA) is 158 Å². The van der Waals surface area contributed by atoms with Gasteiger partial charge in [0.25, 0.3) is 0 Å². The first-order chi connectivity index (χ1) is 20.8. The summed E-state index contributed by atoms with van der Waals surface area (Å²) in [5.41, 5.74) is 10.5. The minimum Gasteiger partial charge on any atom is -0.481 e. The summed E-state index contributed by atoms with van der Waals surface area (Å²) in [4.78, 5) is 31.1. The van der Waals surface area contributed by atoms with E-state index in [9.17, 15) is 15.2 Å². The Balaban J connectivity index is 1.57. The first kappa shape index (κ1) is 29.2. The average Bonchev–Trinajstić information content (AvgIpc) is 3.44. The van der Waals surface area contributed by atoms with Gasteiger partial charge in [-0.15, -0.1) is 5.10 Å². The fraction of sp³-hybridized carbons (Fsp3) is 0.258. The van der Waals surface area contributed by atoms with Gasteiger partial charge in [0.05, 0.1) is 34.5 Å². The number of halogens is 1. The van der Waals surface area contributed by atoms with Crippen LogP contribution in [0.4, 0.5) is 10.3 Å². The van der Waals surface area contributed by atoms with E-state index < -0.39 is 5.97 Å². The third-order valence-electron chi connectivity index (χ3n) is 7.54. The van der Waals surface area contributed by atoms with Gasteiger partial charge in [-0.25, -0.2) is 14.4 Å². The summed E-state index contributed by atoms with van der Waals surface area (Å²) in [7, 11) is 1.62. The van der Waals surface area contributed by atoms with Crippen molar-refractivity contribution in [2.75, 3.05) is 25.9 Å². The van der Waals surface area contributed by atoms with E-state index in [1.165, 1.54) is 16.8 Å². The van der Waals surface area contributed by atoms with E-state index >= 15 is 4.39 Å². The maximum absolute atomic E-state index is 15.3. The molecule has 43 heavy (non-hydrogen) atoms. The number of carbonyl (C=O) groups is 1. The number of hydrogen-bond donors (Lipinski definition) is 2. The number of allylic oxidation sites excluding steroid dienone is 1. The number of carboxylic acids is 1. The van der Waals surface area contributed by atoms with Crippen molar-refractivity contribution < 1.29 is 14.3 Å². The molecular weight excluding hydrogens is 549 g/mol. The first-order valence-corrected chi connectivity index (χ1v) is 13.7. The highest BCUT2D eigenvalue weighted by molar-refractivity contribution is 6.16. The molecule has 0 aliphatic carbocycles. The SMILES string of the molecule is C=N/C=C\C(=N/C)c1c(-c2cccc(C#N)c2)nc(N)n2nc(Cc3c(F)cccc3CN3CCC(C(=O)O)CC3)nc12. The van der Waals surface area contributed by atoms with Crippen LogP contribution in [0.1, 0.15) is 40.9 Å². The van der Waals surface area contributed by atoms with Gasteiger partial charge in [0.1, 0.15) is 5.82 Å². The number of nitrogen functional groups attached to an aromatic ring is 1.